The van der Waals surface area contributed by atoms with Crippen molar-refractivity contribution in [1.29, 1.82) is 0 Å². The van der Waals surface area contributed by atoms with Gasteiger partial charge in [-0.25, -0.2) is 4.98 Å². The first kappa shape index (κ1) is 19.5. The molecule has 0 unspecified atom stereocenters. The molecule has 1 saturated heterocycles. The van der Waals surface area contributed by atoms with E-state index in [1.54, 1.807) is 6.33 Å². The van der Waals surface area contributed by atoms with Crippen molar-refractivity contribution < 1.29 is 4.79 Å². The Kier molecular flexibility index (Phi) is 5.81. The number of carbonyl (C=O) groups is 1. The van der Waals surface area contributed by atoms with E-state index in [1.807, 2.05) is 23.1 Å². The first-order valence-corrected chi connectivity index (χ1v) is 10.5. The van der Waals surface area contributed by atoms with E-state index >= 15 is 0 Å². The molecule has 1 aliphatic heterocycles. The fourth-order valence-electron chi connectivity index (χ4n) is 4.02. The average Bonchev–Trinajstić information content (AvgIpc) is 3.24. The van der Waals surface area contributed by atoms with Crippen LogP contribution in [0.2, 0.25) is 0 Å². The molecule has 1 N–H and O–H groups in total. The van der Waals surface area contributed by atoms with Crippen LogP contribution in [0.5, 0.6) is 0 Å². The molecule has 1 amide bonds. The summed E-state index contributed by atoms with van der Waals surface area (Å²) in [5.74, 6) is 0.102. The van der Waals surface area contributed by atoms with Gasteiger partial charge in [0.15, 0.2) is 0 Å². The number of carbonyl (C=O) groups excluding carboxylic acids is 1. The van der Waals surface area contributed by atoms with Crippen LogP contribution < -0.4 is 4.90 Å². The smallest absolute Gasteiger partial charge is 0.254 e. The first-order valence-electron chi connectivity index (χ1n) is 10.5. The van der Waals surface area contributed by atoms with Crippen LogP contribution in [0.1, 0.15) is 29.8 Å². The Morgan fingerprint density at radius 3 is 2.45 bits per heavy atom. The SMILES string of the molecule is CCN(CC)c1ccc(CN2CCN(C(=O)c3ccc4nc[nH]c4c3)CC2)cc1. The predicted octanol–water partition coefficient (Wildman–Crippen LogP) is 3.37. The number of imidazole rings is 1. The van der Waals surface area contributed by atoms with Crippen LogP contribution in [0, 0.1) is 0 Å². The number of rotatable bonds is 6. The zero-order valence-electron chi connectivity index (χ0n) is 17.3. The van der Waals surface area contributed by atoms with E-state index in [-0.39, 0.29) is 5.91 Å². The lowest BCUT2D eigenvalue weighted by molar-refractivity contribution is 0.0628. The van der Waals surface area contributed by atoms with Gasteiger partial charge in [-0.05, 0) is 49.7 Å². The number of hydrogen-bond donors (Lipinski definition) is 1. The summed E-state index contributed by atoms with van der Waals surface area (Å²) in [6, 6.07) is 14.6. The second kappa shape index (κ2) is 8.66. The van der Waals surface area contributed by atoms with Crippen LogP contribution in [0.3, 0.4) is 0 Å². The minimum Gasteiger partial charge on any atom is -0.372 e. The Morgan fingerprint density at radius 1 is 1.03 bits per heavy atom. The van der Waals surface area contributed by atoms with Crippen LogP contribution in [0.4, 0.5) is 5.69 Å². The Bertz CT molecular complexity index is 953. The number of anilines is 1. The van der Waals surface area contributed by atoms with Crippen LogP contribution >= 0.6 is 0 Å². The Morgan fingerprint density at radius 2 is 1.76 bits per heavy atom. The molecule has 4 rings (SSSR count). The van der Waals surface area contributed by atoms with Gasteiger partial charge < -0.3 is 14.8 Å². The van der Waals surface area contributed by atoms with E-state index < -0.39 is 0 Å². The van der Waals surface area contributed by atoms with E-state index in [1.165, 1.54) is 11.3 Å². The molecule has 0 bridgehead atoms. The van der Waals surface area contributed by atoms with E-state index in [0.29, 0.717) is 0 Å². The summed E-state index contributed by atoms with van der Waals surface area (Å²) in [7, 11) is 0. The van der Waals surface area contributed by atoms with E-state index in [9.17, 15) is 4.79 Å². The van der Waals surface area contributed by atoms with Crippen molar-refractivity contribution in [1.82, 2.24) is 19.8 Å². The zero-order valence-corrected chi connectivity index (χ0v) is 17.3. The van der Waals surface area contributed by atoms with Gasteiger partial charge in [0.1, 0.15) is 0 Å². The lowest BCUT2D eigenvalue weighted by Gasteiger charge is -2.35. The average molecular weight is 392 g/mol. The summed E-state index contributed by atoms with van der Waals surface area (Å²) in [5.41, 5.74) is 5.12. The number of aromatic amines is 1. The lowest BCUT2D eigenvalue weighted by atomic mass is 10.1. The second-order valence-electron chi connectivity index (χ2n) is 7.54. The summed E-state index contributed by atoms with van der Waals surface area (Å²) in [6.45, 7) is 10.7. The third-order valence-corrected chi connectivity index (χ3v) is 5.80. The van der Waals surface area contributed by atoms with Crippen LogP contribution in [-0.2, 0) is 6.54 Å². The van der Waals surface area contributed by atoms with Gasteiger partial charge in [-0.2, -0.15) is 0 Å². The maximum absolute atomic E-state index is 12.9. The molecule has 2 heterocycles. The maximum atomic E-state index is 12.9. The third-order valence-electron chi connectivity index (χ3n) is 5.80. The predicted molar refractivity (Wildman–Crippen MR) is 117 cm³/mol. The molecule has 6 heteroatoms. The van der Waals surface area contributed by atoms with Gasteiger partial charge in [-0.1, -0.05) is 12.1 Å². The fraction of sp³-hybridized carbons (Fsp3) is 0.391. The number of amides is 1. The van der Waals surface area contributed by atoms with Gasteiger partial charge in [-0.15, -0.1) is 0 Å². The van der Waals surface area contributed by atoms with Gasteiger partial charge in [0, 0.05) is 57.1 Å². The first-order chi connectivity index (χ1) is 14.2. The number of aromatic nitrogens is 2. The van der Waals surface area contributed by atoms with E-state index in [0.717, 1.165) is 62.4 Å². The highest BCUT2D eigenvalue weighted by Crippen LogP contribution is 2.18. The third kappa shape index (κ3) is 4.27. The summed E-state index contributed by atoms with van der Waals surface area (Å²) in [4.78, 5) is 26.9. The van der Waals surface area contributed by atoms with Crippen molar-refractivity contribution in [2.75, 3.05) is 44.2 Å². The number of fused-ring (bicyclic) bond motifs is 1. The van der Waals surface area contributed by atoms with Gasteiger partial charge in [-0.3, -0.25) is 9.69 Å². The number of nitrogens with one attached hydrogen (secondary N) is 1. The minimum absolute atomic E-state index is 0.102. The monoisotopic (exact) mass is 391 g/mol. The fourth-order valence-corrected chi connectivity index (χ4v) is 4.02. The summed E-state index contributed by atoms with van der Waals surface area (Å²) in [5, 5.41) is 0. The number of benzene rings is 2. The van der Waals surface area contributed by atoms with Gasteiger partial charge >= 0.3 is 0 Å². The normalized spacial score (nSPS) is 15.0. The quantitative estimate of drug-likeness (QED) is 0.700. The van der Waals surface area contributed by atoms with Crippen LogP contribution in [0.15, 0.2) is 48.8 Å². The molecule has 6 nitrogen and oxygen atoms in total. The highest BCUT2D eigenvalue weighted by molar-refractivity contribution is 5.97. The Balaban J connectivity index is 1.32. The number of nitrogens with zero attached hydrogens (tertiary/aromatic N) is 4. The number of piperazine rings is 1. The molecule has 3 aromatic rings. The molecular formula is C23H29N5O. The van der Waals surface area contributed by atoms with Gasteiger partial charge in [0.2, 0.25) is 0 Å². The molecule has 0 radical (unpaired) electrons. The number of H-pyrrole nitrogens is 1. The largest absolute Gasteiger partial charge is 0.372 e. The molecule has 1 fully saturated rings. The molecule has 0 spiro atoms. The summed E-state index contributed by atoms with van der Waals surface area (Å²) >= 11 is 0. The van der Waals surface area contributed by atoms with E-state index in [2.05, 4.69) is 57.9 Å². The molecule has 29 heavy (non-hydrogen) atoms. The zero-order chi connectivity index (χ0) is 20.2. The van der Waals surface area contributed by atoms with Gasteiger partial charge in [0.25, 0.3) is 5.91 Å². The highest BCUT2D eigenvalue weighted by atomic mass is 16.2. The second-order valence-corrected chi connectivity index (χ2v) is 7.54. The molecule has 1 aliphatic rings. The summed E-state index contributed by atoms with van der Waals surface area (Å²) < 4.78 is 0. The maximum Gasteiger partial charge on any atom is 0.254 e. The van der Waals surface area contributed by atoms with Crippen molar-refractivity contribution in [2.45, 2.75) is 20.4 Å². The Hall–Kier alpha value is -2.86. The van der Waals surface area contributed by atoms with Crippen LogP contribution in [-0.4, -0.2) is 64.9 Å². The van der Waals surface area contributed by atoms with Crippen molar-refractivity contribution >= 4 is 22.6 Å². The molecule has 0 saturated carbocycles. The van der Waals surface area contributed by atoms with E-state index in [4.69, 9.17) is 0 Å². The van der Waals surface area contributed by atoms with Crippen molar-refractivity contribution in [3.63, 3.8) is 0 Å². The van der Waals surface area contributed by atoms with Gasteiger partial charge in [0.05, 0.1) is 17.4 Å². The Labute approximate surface area is 172 Å². The molecule has 2 aromatic carbocycles. The molecule has 0 atom stereocenters. The highest BCUT2D eigenvalue weighted by Gasteiger charge is 2.22. The summed E-state index contributed by atoms with van der Waals surface area (Å²) in [6.07, 6.45) is 1.66. The standard InChI is InChI=1S/C23H29N5O/c1-3-27(4-2)20-8-5-18(6-9-20)16-26-11-13-28(14-12-26)23(29)19-7-10-21-22(15-19)25-17-24-21/h5-10,15,17H,3-4,11-14,16H2,1-2H3,(H,24,25). The topological polar surface area (TPSA) is 55.5 Å². The molecule has 152 valence electrons. The van der Waals surface area contributed by atoms with Crippen molar-refractivity contribution in [3.8, 4) is 0 Å². The van der Waals surface area contributed by atoms with Crippen molar-refractivity contribution in [3.05, 3.63) is 59.9 Å². The molecular weight excluding hydrogens is 362 g/mol. The lowest BCUT2D eigenvalue weighted by Crippen LogP contribution is -2.48. The minimum atomic E-state index is 0.102. The number of hydrogen-bond acceptors (Lipinski definition) is 4. The molecule has 0 aliphatic carbocycles. The molecule has 1 aromatic heterocycles. The van der Waals surface area contributed by atoms with Crippen LogP contribution in [0.25, 0.3) is 11.0 Å². The van der Waals surface area contributed by atoms with Crippen molar-refractivity contribution in [2.24, 2.45) is 0 Å².